The molecule has 1 rings (SSSR count). The van der Waals surface area contributed by atoms with Gasteiger partial charge >= 0.3 is 0 Å². The van der Waals surface area contributed by atoms with Gasteiger partial charge < -0.3 is 0 Å². The molecule has 0 N–H and O–H groups in total. The average Bonchev–Trinajstić information content (AvgIpc) is 2.04. The summed E-state index contributed by atoms with van der Waals surface area (Å²) in [6.45, 7) is 2.02. The quantitative estimate of drug-likeness (QED) is 0.563. The highest BCUT2D eigenvalue weighted by Crippen LogP contribution is 2.05. The van der Waals surface area contributed by atoms with Gasteiger partial charge in [-0.3, -0.25) is 4.79 Å². The summed E-state index contributed by atoms with van der Waals surface area (Å²) in [5.74, 6) is 0. The summed E-state index contributed by atoms with van der Waals surface area (Å²) in [7, 11) is 0. The zero-order chi connectivity index (χ0) is 7.40. The van der Waals surface area contributed by atoms with Gasteiger partial charge in [0.15, 0.2) is 0 Å². The molecule has 0 amide bonds. The Labute approximate surface area is 60.7 Å². The summed E-state index contributed by atoms with van der Waals surface area (Å²) >= 11 is 0. The normalized spacial score (nSPS) is 9.30. The summed E-state index contributed by atoms with van der Waals surface area (Å²) in [6.07, 6.45) is 1.78. The minimum atomic E-state index is 0.779. The first-order valence-corrected chi connectivity index (χ1v) is 3.32. The van der Waals surface area contributed by atoms with Crippen LogP contribution < -0.4 is 0 Å². The molecule has 0 heterocycles. The van der Waals surface area contributed by atoms with E-state index in [1.54, 1.807) is 12.1 Å². The Kier molecular flexibility index (Phi) is 2.21. The van der Waals surface area contributed by atoms with Crippen LogP contribution in [0, 0.1) is 6.07 Å². The van der Waals surface area contributed by atoms with E-state index in [2.05, 4.69) is 6.07 Å². The second kappa shape index (κ2) is 3.16. The molecule has 0 aliphatic carbocycles. The summed E-state index contributed by atoms with van der Waals surface area (Å²) in [6, 6.07) is 8.32. The Bertz CT molecular complexity index is 228. The molecule has 1 radical (unpaired) electrons. The first-order valence-electron chi connectivity index (χ1n) is 3.32. The predicted molar refractivity (Wildman–Crippen MR) is 40.0 cm³/mol. The minimum Gasteiger partial charge on any atom is -0.298 e. The molecule has 0 saturated heterocycles. The van der Waals surface area contributed by atoms with E-state index < -0.39 is 0 Å². The van der Waals surface area contributed by atoms with Gasteiger partial charge in [0.2, 0.25) is 0 Å². The van der Waals surface area contributed by atoms with Crippen LogP contribution in [-0.4, -0.2) is 6.29 Å². The number of rotatable bonds is 2. The zero-order valence-electron chi connectivity index (χ0n) is 5.92. The molecular weight excluding hydrogens is 124 g/mol. The lowest BCUT2D eigenvalue weighted by atomic mass is 10.1. The number of hydrogen-bond donors (Lipinski definition) is 0. The highest BCUT2D eigenvalue weighted by atomic mass is 16.1. The molecule has 0 saturated carbocycles. The second-order valence-corrected chi connectivity index (χ2v) is 2.10. The van der Waals surface area contributed by atoms with Crippen LogP contribution in [0.3, 0.4) is 0 Å². The summed E-state index contributed by atoms with van der Waals surface area (Å²) < 4.78 is 0. The number of carbonyl (C=O) groups excluding carboxylic acids is 1. The van der Waals surface area contributed by atoms with Gasteiger partial charge in [-0.2, -0.15) is 0 Å². The van der Waals surface area contributed by atoms with Gasteiger partial charge in [-0.1, -0.05) is 25.1 Å². The first-order chi connectivity index (χ1) is 4.88. The maximum absolute atomic E-state index is 10.4. The van der Waals surface area contributed by atoms with Crippen LogP contribution in [0.1, 0.15) is 22.8 Å². The van der Waals surface area contributed by atoms with Crippen molar-refractivity contribution < 1.29 is 4.79 Å². The van der Waals surface area contributed by atoms with Gasteiger partial charge in [-0.15, -0.1) is 0 Å². The topological polar surface area (TPSA) is 17.1 Å². The van der Waals surface area contributed by atoms with Crippen LogP contribution in [0.2, 0.25) is 0 Å². The largest absolute Gasteiger partial charge is 0.298 e. The average molecular weight is 133 g/mol. The number of carbonyl (C=O) groups is 1. The fourth-order valence-corrected chi connectivity index (χ4v) is 0.898. The summed E-state index contributed by atoms with van der Waals surface area (Å²) in [4.78, 5) is 10.4. The molecule has 0 fully saturated rings. The van der Waals surface area contributed by atoms with E-state index in [1.807, 2.05) is 13.0 Å². The Morgan fingerprint density at radius 3 is 3.00 bits per heavy atom. The molecule has 0 aliphatic rings. The van der Waals surface area contributed by atoms with E-state index in [4.69, 9.17) is 0 Å². The molecular formula is C9H9O. The third-order valence-electron chi connectivity index (χ3n) is 1.50. The van der Waals surface area contributed by atoms with Gasteiger partial charge in [-0.05, 0) is 18.1 Å². The maximum Gasteiger partial charge on any atom is 0.150 e. The standard InChI is InChI=1S/C9H9O/c1-2-8-5-3-4-6-9(8)7-10/h4-7H,2H2,1H3. The Morgan fingerprint density at radius 2 is 2.50 bits per heavy atom. The lowest BCUT2D eigenvalue weighted by molar-refractivity contribution is 0.112. The van der Waals surface area contributed by atoms with E-state index in [0.29, 0.717) is 0 Å². The summed E-state index contributed by atoms with van der Waals surface area (Å²) in [5, 5.41) is 0. The van der Waals surface area contributed by atoms with Gasteiger partial charge in [0.05, 0.1) is 0 Å². The van der Waals surface area contributed by atoms with Crippen LogP contribution in [-0.2, 0) is 6.42 Å². The molecule has 0 atom stereocenters. The van der Waals surface area contributed by atoms with Gasteiger partial charge in [0, 0.05) is 5.56 Å². The SMILES string of the molecule is CCc1c[c]ccc1C=O. The van der Waals surface area contributed by atoms with Crippen molar-refractivity contribution in [2.24, 2.45) is 0 Å². The highest BCUT2D eigenvalue weighted by molar-refractivity contribution is 5.76. The van der Waals surface area contributed by atoms with Crippen LogP contribution in [0.5, 0.6) is 0 Å². The fraction of sp³-hybridized carbons (Fsp3) is 0.222. The van der Waals surface area contributed by atoms with Crippen LogP contribution in [0.25, 0.3) is 0 Å². The molecule has 10 heavy (non-hydrogen) atoms. The second-order valence-electron chi connectivity index (χ2n) is 2.10. The lowest BCUT2D eigenvalue weighted by Crippen LogP contribution is -1.88. The fourth-order valence-electron chi connectivity index (χ4n) is 0.898. The van der Waals surface area contributed by atoms with E-state index in [-0.39, 0.29) is 0 Å². The van der Waals surface area contributed by atoms with Gasteiger partial charge in [0.25, 0.3) is 0 Å². The minimum absolute atomic E-state index is 0.779. The van der Waals surface area contributed by atoms with Gasteiger partial charge in [-0.25, -0.2) is 0 Å². The van der Waals surface area contributed by atoms with Crippen molar-refractivity contribution in [2.75, 3.05) is 0 Å². The van der Waals surface area contributed by atoms with Crippen LogP contribution in [0.15, 0.2) is 18.2 Å². The monoisotopic (exact) mass is 133 g/mol. The molecule has 0 aliphatic heterocycles. The van der Waals surface area contributed by atoms with E-state index in [9.17, 15) is 4.79 Å². The predicted octanol–water partition coefficient (Wildman–Crippen LogP) is 1.86. The van der Waals surface area contributed by atoms with Crippen molar-refractivity contribution in [3.05, 3.63) is 35.4 Å². The molecule has 1 aromatic rings. The molecule has 0 aromatic heterocycles. The number of hydrogen-bond acceptors (Lipinski definition) is 1. The first kappa shape index (κ1) is 7.00. The zero-order valence-corrected chi connectivity index (χ0v) is 5.92. The van der Waals surface area contributed by atoms with Crippen LogP contribution >= 0.6 is 0 Å². The number of aldehydes is 1. The molecule has 0 bridgehead atoms. The molecule has 1 aromatic carbocycles. The van der Waals surface area contributed by atoms with E-state index >= 15 is 0 Å². The molecule has 51 valence electrons. The smallest absolute Gasteiger partial charge is 0.150 e. The van der Waals surface area contributed by atoms with Crippen molar-refractivity contribution in [3.63, 3.8) is 0 Å². The Hall–Kier alpha value is -1.11. The summed E-state index contributed by atoms with van der Waals surface area (Å²) in [5.41, 5.74) is 1.85. The lowest BCUT2D eigenvalue weighted by Gasteiger charge is -1.97. The Morgan fingerprint density at radius 1 is 1.70 bits per heavy atom. The van der Waals surface area contributed by atoms with E-state index in [1.165, 1.54) is 0 Å². The third-order valence-corrected chi connectivity index (χ3v) is 1.50. The number of aryl methyl sites for hydroxylation is 1. The van der Waals surface area contributed by atoms with Crippen molar-refractivity contribution in [1.29, 1.82) is 0 Å². The van der Waals surface area contributed by atoms with Crippen molar-refractivity contribution in [3.8, 4) is 0 Å². The molecule has 0 spiro atoms. The van der Waals surface area contributed by atoms with Gasteiger partial charge in [0.1, 0.15) is 6.29 Å². The van der Waals surface area contributed by atoms with E-state index in [0.717, 1.165) is 23.8 Å². The molecule has 1 heteroatoms. The molecule has 0 unspecified atom stereocenters. The highest BCUT2D eigenvalue weighted by Gasteiger charge is 1.94. The third kappa shape index (κ3) is 1.24. The van der Waals surface area contributed by atoms with Crippen molar-refractivity contribution in [2.45, 2.75) is 13.3 Å². The van der Waals surface area contributed by atoms with Crippen molar-refractivity contribution >= 4 is 6.29 Å². The Balaban J connectivity index is 3.08. The van der Waals surface area contributed by atoms with Crippen LogP contribution in [0.4, 0.5) is 0 Å². The maximum atomic E-state index is 10.4. The van der Waals surface area contributed by atoms with Crippen molar-refractivity contribution in [1.82, 2.24) is 0 Å². The molecule has 1 nitrogen and oxygen atoms in total. The number of benzene rings is 1.